The molecule has 1 saturated carbocycles. The quantitative estimate of drug-likeness (QED) is 0.698. The second kappa shape index (κ2) is 4.64. The Morgan fingerprint density at radius 1 is 1.38 bits per heavy atom. The van der Waals surface area contributed by atoms with Crippen molar-refractivity contribution in [2.24, 2.45) is 17.8 Å². The summed E-state index contributed by atoms with van der Waals surface area (Å²) in [4.78, 5) is 11.4. The Bertz CT molecular complexity index is 177. The van der Waals surface area contributed by atoms with Crippen molar-refractivity contribution >= 4 is 5.91 Å². The lowest BCUT2D eigenvalue weighted by Crippen LogP contribution is -2.32. The number of carbonyl (C=O) groups is 1. The topological polar surface area (TPSA) is 29.1 Å². The van der Waals surface area contributed by atoms with Gasteiger partial charge in [-0.05, 0) is 24.7 Å². The van der Waals surface area contributed by atoms with Crippen LogP contribution in [0, 0.1) is 17.8 Å². The molecular weight excluding hydrogens is 162 g/mol. The smallest absolute Gasteiger partial charge is 0.222 e. The van der Waals surface area contributed by atoms with Crippen molar-refractivity contribution in [1.82, 2.24) is 5.32 Å². The Labute approximate surface area is 81.1 Å². The Morgan fingerprint density at radius 2 is 2.08 bits per heavy atom. The van der Waals surface area contributed by atoms with Crippen molar-refractivity contribution in [3.05, 3.63) is 0 Å². The van der Waals surface area contributed by atoms with Gasteiger partial charge in [-0.2, -0.15) is 0 Å². The zero-order valence-corrected chi connectivity index (χ0v) is 8.97. The molecule has 0 heterocycles. The van der Waals surface area contributed by atoms with Crippen molar-refractivity contribution in [2.75, 3.05) is 7.05 Å². The molecule has 2 heteroatoms. The average Bonchev–Trinajstić information content (AvgIpc) is 2.17. The van der Waals surface area contributed by atoms with Crippen LogP contribution < -0.4 is 5.32 Å². The van der Waals surface area contributed by atoms with Gasteiger partial charge in [0.25, 0.3) is 0 Å². The van der Waals surface area contributed by atoms with E-state index in [4.69, 9.17) is 0 Å². The first kappa shape index (κ1) is 10.6. The van der Waals surface area contributed by atoms with Crippen molar-refractivity contribution in [3.8, 4) is 0 Å². The maximum atomic E-state index is 11.4. The molecule has 0 aromatic heterocycles. The Kier molecular flexibility index (Phi) is 3.76. The van der Waals surface area contributed by atoms with Crippen molar-refractivity contribution < 1.29 is 4.79 Å². The van der Waals surface area contributed by atoms with Crippen molar-refractivity contribution in [2.45, 2.75) is 39.5 Å². The molecule has 1 aliphatic carbocycles. The fourth-order valence-corrected chi connectivity index (χ4v) is 2.28. The predicted molar refractivity (Wildman–Crippen MR) is 54.4 cm³/mol. The van der Waals surface area contributed by atoms with Gasteiger partial charge in [-0.3, -0.25) is 4.79 Å². The fraction of sp³-hybridized carbons (Fsp3) is 0.909. The molecule has 2 atom stereocenters. The molecule has 0 saturated heterocycles. The van der Waals surface area contributed by atoms with Crippen LogP contribution in [-0.4, -0.2) is 13.0 Å². The van der Waals surface area contributed by atoms with E-state index in [2.05, 4.69) is 19.2 Å². The first-order chi connectivity index (χ1) is 6.15. The largest absolute Gasteiger partial charge is 0.359 e. The first-order valence-corrected chi connectivity index (χ1v) is 5.36. The lowest BCUT2D eigenvalue weighted by Gasteiger charge is -2.30. The van der Waals surface area contributed by atoms with E-state index >= 15 is 0 Å². The van der Waals surface area contributed by atoms with Gasteiger partial charge in [-0.15, -0.1) is 0 Å². The molecule has 0 radical (unpaired) electrons. The van der Waals surface area contributed by atoms with Crippen molar-refractivity contribution in [3.63, 3.8) is 0 Å². The molecule has 0 aliphatic heterocycles. The third kappa shape index (κ3) is 2.71. The molecule has 2 unspecified atom stereocenters. The average molecular weight is 183 g/mol. The van der Waals surface area contributed by atoms with Gasteiger partial charge in [-0.1, -0.05) is 26.7 Å². The van der Waals surface area contributed by atoms with Crippen LogP contribution in [-0.2, 0) is 4.79 Å². The van der Waals surface area contributed by atoms with Gasteiger partial charge >= 0.3 is 0 Å². The molecule has 1 fully saturated rings. The zero-order valence-electron chi connectivity index (χ0n) is 8.97. The third-order valence-corrected chi connectivity index (χ3v) is 3.27. The van der Waals surface area contributed by atoms with Crippen LogP contribution in [0.15, 0.2) is 0 Å². The van der Waals surface area contributed by atoms with Gasteiger partial charge in [0.05, 0.1) is 0 Å². The molecule has 0 aromatic carbocycles. The lowest BCUT2D eigenvalue weighted by atomic mass is 9.76. The SMILES string of the molecule is CNC(=O)C1CCCC(C(C)C)C1. The van der Waals surface area contributed by atoms with Gasteiger partial charge < -0.3 is 5.32 Å². The summed E-state index contributed by atoms with van der Waals surface area (Å²) >= 11 is 0. The molecule has 0 spiro atoms. The Morgan fingerprint density at radius 3 is 2.62 bits per heavy atom. The summed E-state index contributed by atoms with van der Waals surface area (Å²) in [5, 5.41) is 2.76. The van der Waals surface area contributed by atoms with Crippen LogP contribution in [0.4, 0.5) is 0 Å². The highest BCUT2D eigenvalue weighted by Crippen LogP contribution is 2.33. The van der Waals surface area contributed by atoms with Crippen molar-refractivity contribution in [1.29, 1.82) is 0 Å². The number of hydrogen-bond acceptors (Lipinski definition) is 1. The fourth-order valence-electron chi connectivity index (χ4n) is 2.28. The third-order valence-electron chi connectivity index (χ3n) is 3.27. The molecule has 2 nitrogen and oxygen atoms in total. The summed E-state index contributed by atoms with van der Waals surface area (Å²) < 4.78 is 0. The van der Waals surface area contributed by atoms with Crippen LogP contribution in [0.5, 0.6) is 0 Å². The number of nitrogens with one attached hydrogen (secondary N) is 1. The van der Waals surface area contributed by atoms with Crippen LogP contribution in [0.3, 0.4) is 0 Å². The summed E-state index contributed by atoms with van der Waals surface area (Å²) in [5.41, 5.74) is 0. The standard InChI is InChI=1S/C11H21NO/c1-8(2)9-5-4-6-10(7-9)11(13)12-3/h8-10H,4-7H2,1-3H3,(H,12,13). The van der Waals surface area contributed by atoms with E-state index in [0.717, 1.165) is 24.7 Å². The summed E-state index contributed by atoms with van der Waals surface area (Å²) in [6, 6.07) is 0. The molecule has 1 amide bonds. The highest BCUT2D eigenvalue weighted by molar-refractivity contribution is 5.78. The molecule has 1 aliphatic rings. The zero-order chi connectivity index (χ0) is 9.84. The lowest BCUT2D eigenvalue weighted by molar-refractivity contribution is -0.126. The molecular formula is C11H21NO. The minimum Gasteiger partial charge on any atom is -0.359 e. The van der Waals surface area contributed by atoms with Gasteiger partial charge in [0, 0.05) is 13.0 Å². The second-order valence-electron chi connectivity index (χ2n) is 4.48. The number of amides is 1. The predicted octanol–water partition coefficient (Wildman–Crippen LogP) is 2.19. The normalized spacial score (nSPS) is 28.9. The number of hydrogen-bond donors (Lipinski definition) is 1. The second-order valence-corrected chi connectivity index (χ2v) is 4.48. The minimum atomic E-state index is 0.241. The van der Waals surface area contributed by atoms with E-state index in [-0.39, 0.29) is 11.8 Å². The van der Waals surface area contributed by atoms with Gasteiger partial charge in [0.15, 0.2) is 0 Å². The molecule has 76 valence electrons. The highest BCUT2D eigenvalue weighted by Gasteiger charge is 2.27. The Balaban J connectivity index is 2.46. The van der Waals surface area contributed by atoms with Crippen LogP contribution in [0.2, 0.25) is 0 Å². The van der Waals surface area contributed by atoms with E-state index in [1.807, 2.05) is 0 Å². The molecule has 1 rings (SSSR count). The minimum absolute atomic E-state index is 0.241. The molecule has 13 heavy (non-hydrogen) atoms. The van der Waals surface area contributed by atoms with E-state index in [0.29, 0.717) is 0 Å². The summed E-state index contributed by atoms with van der Waals surface area (Å²) in [5.74, 6) is 2.01. The monoisotopic (exact) mass is 183 g/mol. The maximum Gasteiger partial charge on any atom is 0.222 e. The number of rotatable bonds is 2. The van der Waals surface area contributed by atoms with E-state index in [1.54, 1.807) is 7.05 Å². The van der Waals surface area contributed by atoms with Gasteiger partial charge in [0.2, 0.25) is 5.91 Å². The summed E-state index contributed by atoms with van der Waals surface area (Å²) in [6.45, 7) is 4.52. The van der Waals surface area contributed by atoms with Gasteiger partial charge in [0.1, 0.15) is 0 Å². The van der Waals surface area contributed by atoms with Crippen LogP contribution in [0.25, 0.3) is 0 Å². The Hall–Kier alpha value is -0.530. The maximum absolute atomic E-state index is 11.4. The molecule has 0 aromatic rings. The first-order valence-electron chi connectivity index (χ1n) is 5.36. The summed E-state index contributed by atoms with van der Waals surface area (Å²) in [6.07, 6.45) is 4.71. The van der Waals surface area contributed by atoms with Crippen LogP contribution >= 0.6 is 0 Å². The number of carbonyl (C=O) groups excluding carboxylic acids is 1. The molecule has 0 bridgehead atoms. The van der Waals surface area contributed by atoms with Gasteiger partial charge in [-0.25, -0.2) is 0 Å². The van der Waals surface area contributed by atoms with Crippen LogP contribution in [0.1, 0.15) is 39.5 Å². The highest BCUT2D eigenvalue weighted by atomic mass is 16.1. The molecule has 1 N–H and O–H groups in total. The van der Waals surface area contributed by atoms with E-state index < -0.39 is 0 Å². The summed E-state index contributed by atoms with van der Waals surface area (Å²) in [7, 11) is 1.74. The van der Waals surface area contributed by atoms with E-state index in [9.17, 15) is 4.79 Å². The van der Waals surface area contributed by atoms with E-state index in [1.165, 1.54) is 12.8 Å².